The van der Waals surface area contributed by atoms with Crippen LogP contribution in [0.15, 0.2) is 18.2 Å². The number of anilines is 1. The van der Waals surface area contributed by atoms with Crippen molar-refractivity contribution in [3.05, 3.63) is 29.3 Å². The summed E-state index contributed by atoms with van der Waals surface area (Å²) in [5, 5.41) is 5.09. The van der Waals surface area contributed by atoms with E-state index in [2.05, 4.69) is 10.6 Å². The second-order valence-corrected chi connectivity index (χ2v) is 4.96. The van der Waals surface area contributed by atoms with Crippen molar-refractivity contribution in [1.29, 1.82) is 0 Å². The molecule has 0 aromatic heterocycles. The number of carbonyl (C=O) groups is 2. The van der Waals surface area contributed by atoms with Crippen molar-refractivity contribution in [2.24, 2.45) is 5.73 Å². The number of hydrogen-bond acceptors (Lipinski definition) is 3. The maximum atomic E-state index is 11.7. The number of rotatable bonds is 5. The van der Waals surface area contributed by atoms with Crippen molar-refractivity contribution in [3.63, 3.8) is 0 Å². The fourth-order valence-electron chi connectivity index (χ4n) is 1.95. The topological polar surface area (TPSA) is 87.5 Å². The zero-order valence-electron chi connectivity index (χ0n) is 12.4. The molecule has 0 heterocycles. The van der Waals surface area contributed by atoms with Crippen LogP contribution in [0.5, 0.6) is 0 Å². The van der Waals surface area contributed by atoms with Gasteiger partial charge in [-0.3, -0.25) is 4.79 Å². The van der Waals surface area contributed by atoms with Gasteiger partial charge < -0.3 is 21.3 Å². The highest BCUT2D eigenvalue weighted by Crippen LogP contribution is 2.18. The van der Waals surface area contributed by atoms with Crippen LogP contribution in [0.3, 0.4) is 0 Å². The van der Waals surface area contributed by atoms with Crippen molar-refractivity contribution < 1.29 is 9.59 Å². The number of carbonyl (C=O) groups excluding carboxylic acids is 2. The summed E-state index contributed by atoms with van der Waals surface area (Å²) in [5.74, 6) is -0.266. The number of nitrogens with two attached hydrogens (primary N) is 1. The first kappa shape index (κ1) is 15.8. The summed E-state index contributed by atoms with van der Waals surface area (Å²) in [4.78, 5) is 24.4. The van der Waals surface area contributed by atoms with Gasteiger partial charge in [0, 0.05) is 26.3 Å². The van der Waals surface area contributed by atoms with E-state index in [0.717, 1.165) is 16.8 Å². The van der Waals surface area contributed by atoms with Gasteiger partial charge in [0.25, 0.3) is 0 Å². The molecule has 6 heteroatoms. The second kappa shape index (κ2) is 6.79. The molecule has 0 spiro atoms. The van der Waals surface area contributed by atoms with Crippen LogP contribution in [0.4, 0.5) is 10.5 Å². The first-order chi connectivity index (χ1) is 9.31. The molecule has 0 aliphatic heterocycles. The van der Waals surface area contributed by atoms with Gasteiger partial charge in [-0.05, 0) is 31.0 Å². The number of nitrogens with one attached hydrogen (secondary N) is 2. The molecule has 1 unspecified atom stereocenters. The lowest BCUT2D eigenvalue weighted by atomic mass is 10.1. The Hall–Kier alpha value is -2.24. The molecule has 4 N–H and O–H groups in total. The van der Waals surface area contributed by atoms with Gasteiger partial charge in [-0.15, -0.1) is 0 Å². The Morgan fingerprint density at radius 2 is 2.00 bits per heavy atom. The SMILES string of the molecule is Cc1cc(CNC(=O)C(C)NC(N)=O)ccc1N(C)C. The summed E-state index contributed by atoms with van der Waals surface area (Å²) >= 11 is 0. The Bertz CT molecular complexity index is 500. The van der Waals surface area contributed by atoms with Gasteiger partial charge in [0.2, 0.25) is 5.91 Å². The number of aryl methyl sites for hydroxylation is 1. The molecule has 3 amide bonds. The van der Waals surface area contributed by atoms with E-state index in [4.69, 9.17) is 5.73 Å². The first-order valence-corrected chi connectivity index (χ1v) is 6.41. The summed E-state index contributed by atoms with van der Waals surface area (Å²) in [6.07, 6.45) is 0. The number of primary amides is 1. The fraction of sp³-hybridized carbons (Fsp3) is 0.429. The Morgan fingerprint density at radius 3 is 2.50 bits per heavy atom. The van der Waals surface area contributed by atoms with Crippen LogP contribution in [-0.4, -0.2) is 32.1 Å². The van der Waals surface area contributed by atoms with Crippen molar-refractivity contribution in [1.82, 2.24) is 10.6 Å². The van der Waals surface area contributed by atoms with Crippen LogP contribution in [0.1, 0.15) is 18.1 Å². The van der Waals surface area contributed by atoms with Gasteiger partial charge in [0.15, 0.2) is 0 Å². The van der Waals surface area contributed by atoms with Gasteiger partial charge in [0.05, 0.1) is 0 Å². The van der Waals surface area contributed by atoms with E-state index in [1.807, 2.05) is 44.1 Å². The summed E-state index contributed by atoms with van der Waals surface area (Å²) in [6.45, 7) is 4.02. The minimum absolute atomic E-state index is 0.266. The van der Waals surface area contributed by atoms with Crippen molar-refractivity contribution in [2.75, 3.05) is 19.0 Å². The molecule has 0 saturated heterocycles. The third kappa shape index (κ3) is 4.46. The number of nitrogens with zero attached hydrogens (tertiary/aromatic N) is 1. The van der Waals surface area contributed by atoms with E-state index >= 15 is 0 Å². The summed E-state index contributed by atoms with van der Waals surface area (Å²) in [7, 11) is 3.97. The summed E-state index contributed by atoms with van der Waals surface area (Å²) in [6, 6.07) is 4.66. The van der Waals surface area contributed by atoms with E-state index in [-0.39, 0.29) is 5.91 Å². The zero-order chi connectivity index (χ0) is 15.3. The quantitative estimate of drug-likeness (QED) is 0.742. The Labute approximate surface area is 119 Å². The van der Waals surface area contributed by atoms with E-state index < -0.39 is 12.1 Å². The van der Waals surface area contributed by atoms with Gasteiger partial charge in [-0.2, -0.15) is 0 Å². The van der Waals surface area contributed by atoms with Gasteiger partial charge >= 0.3 is 6.03 Å². The van der Waals surface area contributed by atoms with Crippen LogP contribution in [0.25, 0.3) is 0 Å². The molecule has 0 aliphatic carbocycles. The predicted molar refractivity (Wildman–Crippen MR) is 79.5 cm³/mol. The molecule has 0 saturated carbocycles. The van der Waals surface area contributed by atoms with Crippen LogP contribution < -0.4 is 21.3 Å². The summed E-state index contributed by atoms with van der Waals surface area (Å²) in [5.41, 5.74) is 8.26. The summed E-state index contributed by atoms with van der Waals surface area (Å²) < 4.78 is 0. The van der Waals surface area contributed by atoms with Crippen LogP contribution in [0, 0.1) is 6.92 Å². The van der Waals surface area contributed by atoms with Crippen molar-refractivity contribution in [2.45, 2.75) is 26.4 Å². The molecule has 0 fully saturated rings. The number of hydrogen-bond donors (Lipinski definition) is 3. The average molecular weight is 278 g/mol. The highest BCUT2D eigenvalue weighted by Gasteiger charge is 2.13. The monoisotopic (exact) mass is 278 g/mol. The lowest BCUT2D eigenvalue weighted by Gasteiger charge is -2.17. The molecular formula is C14H22N4O2. The van der Waals surface area contributed by atoms with Crippen LogP contribution >= 0.6 is 0 Å². The average Bonchev–Trinajstić information content (AvgIpc) is 2.34. The minimum atomic E-state index is -0.709. The molecule has 110 valence electrons. The van der Waals surface area contributed by atoms with Crippen LogP contribution in [-0.2, 0) is 11.3 Å². The Kier molecular flexibility index (Phi) is 5.37. The third-order valence-corrected chi connectivity index (χ3v) is 2.96. The molecule has 1 aromatic carbocycles. The smallest absolute Gasteiger partial charge is 0.312 e. The highest BCUT2D eigenvalue weighted by molar-refractivity contribution is 5.86. The molecule has 1 atom stereocenters. The van der Waals surface area contributed by atoms with Crippen molar-refractivity contribution >= 4 is 17.6 Å². The number of urea groups is 1. The number of benzene rings is 1. The molecular weight excluding hydrogens is 256 g/mol. The molecule has 6 nitrogen and oxygen atoms in total. The third-order valence-electron chi connectivity index (χ3n) is 2.96. The lowest BCUT2D eigenvalue weighted by Crippen LogP contribution is -2.46. The van der Waals surface area contributed by atoms with E-state index in [9.17, 15) is 9.59 Å². The first-order valence-electron chi connectivity index (χ1n) is 6.41. The number of amides is 3. The largest absolute Gasteiger partial charge is 0.377 e. The molecule has 0 radical (unpaired) electrons. The van der Waals surface area contributed by atoms with Gasteiger partial charge in [-0.1, -0.05) is 12.1 Å². The van der Waals surface area contributed by atoms with Gasteiger partial charge in [-0.25, -0.2) is 4.79 Å². The molecule has 20 heavy (non-hydrogen) atoms. The second-order valence-electron chi connectivity index (χ2n) is 4.96. The maximum absolute atomic E-state index is 11.7. The molecule has 0 aliphatic rings. The van der Waals surface area contributed by atoms with Crippen LogP contribution in [0.2, 0.25) is 0 Å². The van der Waals surface area contributed by atoms with E-state index in [1.165, 1.54) is 0 Å². The molecule has 1 aromatic rings. The Balaban J connectivity index is 2.60. The normalized spacial score (nSPS) is 11.6. The van der Waals surface area contributed by atoms with Crippen molar-refractivity contribution in [3.8, 4) is 0 Å². The Morgan fingerprint density at radius 1 is 1.35 bits per heavy atom. The standard InChI is InChI=1S/C14H22N4O2/c1-9-7-11(5-6-12(9)18(3)4)8-16-13(19)10(2)17-14(15)20/h5-7,10H,8H2,1-4H3,(H,16,19)(H3,15,17,20). The molecule has 0 bridgehead atoms. The van der Waals surface area contributed by atoms with E-state index in [0.29, 0.717) is 6.54 Å². The molecule has 1 rings (SSSR count). The fourth-order valence-corrected chi connectivity index (χ4v) is 1.95. The maximum Gasteiger partial charge on any atom is 0.312 e. The van der Waals surface area contributed by atoms with E-state index in [1.54, 1.807) is 6.92 Å². The predicted octanol–water partition coefficient (Wildman–Crippen LogP) is 0.734. The van der Waals surface area contributed by atoms with Gasteiger partial charge in [0.1, 0.15) is 6.04 Å². The minimum Gasteiger partial charge on any atom is -0.377 e. The zero-order valence-corrected chi connectivity index (χ0v) is 12.4. The lowest BCUT2D eigenvalue weighted by molar-refractivity contribution is -0.122. The highest BCUT2D eigenvalue weighted by atomic mass is 16.2.